The Morgan fingerprint density at radius 1 is 1.06 bits per heavy atom. The second kappa shape index (κ2) is 4.87. The molecular weight excluding hydrogens is 234 g/mol. The maximum Gasteiger partial charge on any atom is 0.119 e. The highest BCUT2D eigenvalue weighted by atomic mass is 35.5. The maximum absolute atomic E-state index is 6.05. The van der Waals surface area contributed by atoms with E-state index in [4.69, 9.17) is 16.3 Å². The van der Waals surface area contributed by atoms with Gasteiger partial charge < -0.3 is 10.1 Å². The van der Waals surface area contributed by atoms with Crippen LogP contribution in [0.3, 0.4) is 0 Å². The molecular formula is C14H18ClNO. The van der Waals surface area contributed by atoms with Gasteiger partial charge in [-0.15, -0.1) is 0 Å². The lowest BCUT2D eigenvalue weighted by atomic mass is 9.85. The van der Waals surface area contributed by atoms with Crippen LogP contribution in [0.25, 0.3) is 0 Å². The zero-order chi connectivity index (χ0) is 11.7. The van der Waals surface area contributed by atoms with Crippen LogP contribution < -0.4 is 10.1 Å². The van der Waals surface area contributed by atoms with Crippen LogP contribution in [0.4, 0.5) is 0 Å². The third-order valence-corrected chi connectivity index (χ3v) is 4.04. The molecule has 2 bridgehead atoms. The van der Waals surface area contributed by atoms with Crippen molar-refractivity contribution in [2.45, 2.75) is 50.3 Å². The standard InChI is InChI=1S/C14H18ClNO/c15-10-4-6-13(7-5-10)17-14-8-11-2-1-3-12(9-14)16-11/h4-7,11-12,14,16H,1-3,8-9H2/t11-,12+,14?. The fourth-order valence-electron chi connectivity index (χ4n) is 3.02. The number of hydrogen-bond acceptors (Lipinski definition) is 2. The van der Waals surface area contributed by atoms with Gasteiger partial charge in [0.2, 0.25) is 0 Å². The van der Waals surface area contributed by atoms with Crippen LogP contribution in [-0.4, -0.2) is 18.2 Å². The van der Waals surface area contributed by atoms with Crippen molar-refractivity contribution >= 4 is 11.6 Å². The molecule has 92 valence electrons. The number of benzene rings is 1. The number of ether oxygens (including phenoxy) is 1. The molecule has 0 radical (unpaired) electrons. The summed E-state index contributed by atoms with van der Waals surface area (Å²) in [5.41, 5.74) is 0. The summed E-state index contributed by atoms with van der Waals surface area (Å²) >= 11 is 5.87. The van der Waals surface area contributed by atoms with E-state index in [1.165, 1.54) is 19.3 Å². The molecule has 1 aromatic carbocycles. The molecule has 0 amide bonds. The van der Waals surface area contributed by atoms with Crippen molar-refractivity contribution in [3.63, 3.8) is 0 Å². The molecule has 1 unspecified atom stereocenters. The second-order valence-electron chi connectivity index (χ2n) is 5.16. The summed E-state index contributed by atoms with van der Waals surface area (Å²) in [6, 6.07) is 9.03. The molecule has 2 aliphatic heterocycles. The van der Waals surface area contributed by atoms with Crippen molar-refractivity contribution in [1.29, 1.82) is 0 Å². The van der Waals surface area contributed by atoms with Crippen molar-refractivity contribution in [2.24, 2.45) is 0 Å². The Balaban J connectivity index is 1.63. The average Bonchev–Trinajstić information content (AvgIpc) is 2.32. The maximum atomic E-state index is 6.05. The van der Waals surface area contributed by atoms with Gasteiger partial charge >= 0.3 is 0 Å². The van der Waals surface area contributed by atoms with Crippen molar-refractivity contribution < 1.29 is 4.74 Å². The summed E-state index contributed by atoms with van der Waals surface area (Å²) in [6.07, 6.45) is 6.62. The Morgan fingerprint density at radius 3 is 2.35 bits per heavy atom. The minimum atomic E-state index is 0.368. The average molecular weight is 252 g/mol. The molecule has 3 rings (SSSR count). The van der Waals surface area contributed by atoms with E-state index < -0.39 is 0 Å². The Kier molecular flexibility index (Phi) is 3.26. The lowest BCUT2D eigenvalue weighted by molar-refractivity contribution is 0.0927. The second-order valence-corrected chi connectivity index (χ2v) is 5.59. The van der Waals surface area contributed by atoms with Gasteiger partial charge in [-0.1, -0.05) is 18.0 Å². The Bertz CT molecular complexity index is 366. The summed E-state index contributed by atoms with van der Waals surface area (Å²) in [6.45, 7) is 0. The van der Waals surface area contributed by atoms with E-state index in [0.717, 1.165) is 23.6 Å². The number of rotatable bonds is 2. The molecule has 3 atom stereocenters. The molecule has 3 heteroatoms. The summed E-state index contributed by atoms with van der Waals surface area (Å²) in [5, 5.41) is 4.44. The summed E-state index contributed by atoms with van der Waals surface area (Å²) in [5.74, 6) is 0.944. The Labute approximate surface area is 107 Å². The highest BCUT2D eigenvalue weighted by Crippen LogP contribution is 2.28. The monoisotopic (exact) mass is 251 g/mol. The zero-order valence-corrected chi connectivity index (χ0v) is 10.6. The summed E-state index contributed by atoms with van der Waals surface area (Å²) in [4.78, 5) is 0. The molecule has 2 aliphatic rings. The molecule has 17 heavy (non-hydrogen) atoms. The van der Waals surface area contributed by atoms with Gasteiger partial charge in [-0.05, 0) is 49.9 Å². The summed E-state index contributed by atoms with van der Waals surface area (Å²) < 4.78 is 6.05. The van der Waals surface area contributed by atoms with Crippen LogP contribution in [0, 0.1) is 0 Å². The number of nitrogens with one attached hydrogen (secondary N) is 1. The largest absolute Gasteiger partial charge is 0.490 e. The van der Waals surface area contributed by atoms with Crippen LogP contribution in [0.2, 0.25) is 5.02 Å². The molecule has 0 saturated carbocycles. The molecule has 1 N–H and O–H groups in total. The zero-order valence-electron chi connectivity index (χ0n) is 9.86. The molecule has 2 fully saturated rings. The van der Waals surface area contributed by atoms with E-state index in [2.05, 4.69) is 5.32 Å². The van der Waals surface area contributed by atoms with Crippen molar-refractivity contribution in [3.8, 4) is 5.75 Å². The van der Waals surface area contributed by atoms with E-state index in [0.29, 0.717) is 18.2 Å². The molecule has 0 aliphatic carbocycles. The minimum absolute atomic E-state index is 0.368. The van der Waals surface area contributed by atoms with Gasteiger partial charge in [0.25, 0.3) is 0 Å². The summed E-state index contributed by atoms with van der Waals surface area (Å²) in [7, 11) is 0. The van der Waals surface area contributed by atoms with Gasteiger partial charge in [0.1, 0.15) is 11.9 Å². The first-order valence-corrected chi connectivity index (χ1v) is 6.85. The number of piperidine rings is 2. The third-order valence-electron chi connectivity index (χ3n) is 3.79. The number of halogens is 1. The van der Waals surface area contributed by atoms with Crippen molar-refractivity contribution in [3.05, 3.63) is 29.3 Å². The van der Waals surface area contributed by atoms with Gasteiger partial charge in [0.15, 0.2) is 0 Å². The van der Waals surface area contributed by atoms with E-state index in [9.17, 15) is 0 Å². The quantitative estimate of drug-likeness (QED) is 0.870. The van der Waals surface area contributed by atoms with Gasteiger partial charge in [-0.2, -0.15) is 0 Å². The molecule has 2 heterocycles. The van der Waals surface area contributed by atoms with Crippen LogP contribution >= 0.6 is 11.6 Å². The van der Waals surface area contributed by atoms with Crippen molar-refractivity contribution in [1.82, 2.24) is 5.32 Å². The van der Waals surface area contributed by atoms with Gasteiger partial charge in [0.05, 0.1) is 0 Å². The van der Waals surface area contributed by atoms with Gasteiger partial charge in [-0.3, -0.25) is 0 Å². The van der Waals surface area contributed by atoms with Crippen LogP contribution in [0.5, 0.6) is 5.75 Å². The third kappa shape index (κ3) is 2.75. The van der Waals surface area contributed by atoms with E-state index in [1.54, 1.807) is 0 Å². The van der Waals surface area contributed by atoms with Crippen LogP contribution in [0.1, 0.15) is 32.1 Å². The predicted molar refractivity (Wildman–Crippen MR) is 69.7 cm³/mol. The first kappa shape index (κ1) is 11.4. The normalized spacial score (nSPS) is 32.2. The highest BCUT2D eigenvalue weighted by molar-refractivity contribution is 6.30. The highest BCUT2D eigenvalue weighted by Gasteiger charge is 2.32. The molecule has 2 nitrogen and oxygen atoms in total. The Morgan fingerprint density at radius 2 is 1.71 bits per heavy atom. The van der Waals surface area contributed by atoms with Crippen LogP contribution in [0.15, 0.2) is 24.3 Å². The SMILES string of the molecule is Clc1ccc(OC2C[C@H]3CCC[C@@H](C2)N3)cc1. The smallest absolute Gasteiger partial charge is 0.119 e. The molecule has 2 saturated heterocycles. The topological polar surface area (TPSA) is 21.3 Å². The lowest BCUT2D eigenvalue weighted by Gasteiger charge is -2.40. The van der Waals surface area contributed by atoms with E-state index in [-0.39, 0.29) is 0 Å². The molecule has 0 aromatic heterocycles. The first-order valence-electron chi connectivity index (χ1n) is 6.48. The lowest BCUT2D eigenvalue weighted by Crippen LogP contribution is -2.51. The molecule has 1 aromatic rings. The van der Waals surface area contributed by atoms with E-state index in [1.807, 2.05) is 24.3 Å². The Hall–Kier alpha value is -0.730. The van der Waals surface area contributed by atoms with Gasteiger partial charge in [-0.25, -0.2) is 0 Å². The van der Waals surface area contributed by atoms with Gasteiger partial charge in [0, 0.05) is 17.1 Å². The first-order chi connectivity index (χ1) is 8.29. The van der Waals surface area contributed by atoms with Crippen LogP contribution in [-0.2, 0) is 0 Å². The van der Waals surface area contributed by atoms with E-state index >= 15 is 0 Å². The fourth-order valence-corrected chi connectivity index (χ4v) is 3.14. The fraction of sp³-hybridized carbons (Fsp3) is 0.571. The number of fused-ring (bicyclic) bond motifs is 2. The minimum Gasteiger partial charge on any atom is -0.490 e. The predicted octanol–water partition coefficient (Wildman–Crippen LogP) is 3.39. The number of hydrogen-bond donors (Lipinski definition) is 1. The molecule has 0 spiro atoms. The van der Waals surface area contributed by atoms with Crippen molar-refractivity contribution in [2.75, 3.05) is 0 Å².